The predicted molar refractivity (Wildman–Crippen MR) is 61.9 cm³/mol. The van der Waals surface area contributed by atoms with Gasteiger partial charge in [0.2, 0.25) is 5.91 Å². The fourth-order valence-corrected chi connectivity index (χ4v) is 2.22. The van der Waals surface area contributed by atoms with Crippen molar-refractivity contribution in [1.29, 1.82) is 0 Å². The Balaban J connectivity index is 2.29. The number of nitrogens with zero attached hydrogens (tertiary/aromatic N) is 1. The van der Waals surface area contributed by atoms with E-state index in [4.69, 9.17) is 5.73 Å². The van der Waals surface area contributed by atoms with E-state index in [-0.39, 0.29) is 12.6 Å². The molecule has 0 radical (unpaired) electrons. The smallest absolute Gasteiger partial charge is 0.346 e. The molecule has 4 nitrogen and oxygen atoms in total. The molecule has 18 heavy (non-hydrogen) atoms. The molecule has 1 saturated heterocycles. The minimum Gasteiger partial charge on any atom is -0.346 e. The van der Waals surface area contributed by atoms with E-state index < -0.39 is 18.6 Å². The first kappa shape index (κ1) is 15.2. The zero-order valence-electron chi connectivity index (χ0n) is 10.3. The molecule has 0 aromatic heterocycles. The molecule has 3 N–H and O–H groups in total. The van der Waals surface area contributed by atoms with Gasteiger partial charge >= 0.3 is 6.18 Å². The summed E-state index contributed by atoms with van der Waals surface area (Å²) in [4.78, 5) is 13.3. The summed E-state index contributed by atoms with van der Waals surface area (Å²) in [6.45, 7) is 0.164. The number of carbonyl (C=O) groups excluding carboxylic acids is 1. The third-order valence-corrected chi connectivity index (χ3v) is 3.07. The minimum absolute atomic E-state index is 0.0469. The number of nitrogens with one attached hydrogen (secondary N) is 1. The van der Waals surface area contributed by atoms with Gasteiger partial charge in [-0.25, -0.2) is 0 Å². The van der Waals surface area contributed by atoms with Crippen LogP contribution in [0.3, 0.4) is 0 Å². The summed E-state index contributed by atoms with van der Waals surface area (Å²) >= 11 is 0. The summed E-state index contributed by atoms with van der Waals surface area (Å²) < 4.78 is 35.8. The van der Waals surface area contributed by atoms with Gasteiger partial charge in [-0.3, -0.25) is 9.69 Å². The van der Waals surface area contributed by atoms with Crippen LogP contribution < -0.4 is 11.1 Å². The van der Waals surface area contributed by atoms with Gasteiger partial charge in [-0.05, 0) is 38.8 Å². The van der Waals surface area contributed by atoms with E-state index in [2.05, 4.69) is 0 Å². The number of carbonyl (C=O) groups is 1. The summed E-state index contributed by atoms with van der Waals surface area (Å²) in [6.07, 6.45) is -0.581. The molecule has 1 rings (SSSR count). The zero-order valence-corrected chi connectivity index (χ0v) is 10.3. The highest BCUT2D eigenvalue weighted by atomic mass is 19.4. The van der Waals surface area contributed by atoms with Crippen molar-refractivity contribution < 1.29 is 18.0 Å². The number of alkyl halides is 3. The third-order valence-electron chi connectivity index (χ3n) is 3.07. The molecule has 1 heterocycles. The molecule has 0 bridgehead atoms. The average molecular weight is 267 g/mol. The van der Waals surface area contributed by atoms with Crippen LogP contribution in [0.4, 0.5) is 13.2 Å². The summed E-state index contributed by atoms with van der Waals surface area (Å²) in [5.74, 6) is -0.563. The Morgan fingerprint density at radius 2 is 2.17 bits per heavy atom. The lowest BCUT2D eigenvalue weighted by Gasteiger charge is -2.23. The van der Waals surface area contributed by atoms with E-state index in [0.29, 0.717) is 6.54 Å². The summed E-state index contributed by atoms with van der Waals surface area (Å²) in [5, 5.41) is 1.90. The number of rotatable bonds is 6. The van der Waals surface area contributed by atoms with E-state index in [1.165, 1.54) is 0 Å². The number of hydrogen-bond acceptors (Lipinski definition) is 3. The number of likely N-dealkylation sites (tertiary alicyclic amines) is 1. The Kier molecular flexibility index (Phi) is 5.87. The monoisotopic (exact) mass is 267 g/mol. The Labute approximate surface area is 105 Å². The number of amides is 1. The Bertz CT molecular complexity index is 271. The first-order valence-electron chi connectivity index (χ1n) is 6.20. The highest BCUT2D eigenvalue weighted by molar-refractivity contribution is 5.78. The lowest BCUT2D eigenvalue weighted by atomic mass is 10.1. The van der Waals surface area contributed by atoms with Gasteiger partial charge in [0.05, 0.1) is 6.54 Å². The van der Waals surface area contributed by atoms with Gasteiger partial charge in [0.15, 0.2) is 0 Å². The van der Waals surface area contributed by atoms with Crippen molar-refractivity contribution >= 4 is 5.91 Å². The Hall–Kier alpha value is -0.820. The lowest BCUT2D eigenvalue weighted by Crippen LogP contribution is -2.42. The first-order chi connectivity index (χ1) is 8.42. The van der Waals surface area contributed by atoms with Crippen molar-refractivity contribution in [1.82, 2.24) is 10.2 Å². The van der Waals surface area contributed by atoms with Crippen LogP contribution in [-0.2, 0) is 4.79 Å². The van der Waals surface area contributed by atoms with Gasteiger partial charge in [0, 0.05) is 6.04 Å². The second-order valence-corrected chi connectivity index (χ2v) is 4.59. The van der Waals surface area contributed by atoms with E-state index in [0.717, 1.165) is 32.2 Å². The fraction of sp³-hybridized carbons (Fsp3) is 0.909. The molecule has 0 aliphatic carbocycles. The molecule has 0 spiro atoms. The van der Waals surface area contributed by atoms with E-state index in [1.807, 2.05) is 10.2 Å². The SMILES string of the molecule is NCCCC1CCCN1CC(=O)NCC(F)(F)F. The topological polar surface area (TPSA) is 58.4 Å². The molecule has 1 amide bonds. The van der Waals surface area contributed by atoms with Crippen LogP contribution in [0.5, 0.6) is 0 Å². The molecule has 1 atom stereocenters. The highest BCUT2D eigenvalue weighted by Gasteiger charge is 2.29. The normalized spacial score (nSPS) is 21.2. The second-order valence-electron chi connectivity index (χ2n) is 4.59. The van der Waals surface area contributed by atoms with E-state index in [9.17, 15) is 18.0 Å². The average Bonchev–Trinajstić information content (AvgIpc) is 2.70. The van der Waals surface area contributed by atoms with Crippen LogP contribution in [0.15, 0.2) is 0 Å². The Morgan fingerprint density at radius 3 is 2.78 bits per heavy atom. The van der Waals surface area contributed by atoms with Gasteiger partial charge in [-0.15, -0.1) is 0 Å². The van der Waals surface area contributed by atoms with Gasteiger partial charge in [0.1, 0.15) is 6.54 Å². The first-order valence-corrected chi connectivity index (χ1v) is 6.20. The maximum atomic E-state index is 11.9. The van der Waals surface area contributed by atoms with Gasteiger partial charge in [-0.1, -0.05) is 0 Å². The predicted octanol–water partition coefficient (Wildman–Crippen LogP) is 0.868. The zero-order chi connectivity index (χ0) is 13.6. The van der Waals surface area contributed by atoms with Crippen LogP contribution in [0.2, 0.25) is 0 Å². The van der Waals surface area contributed by atoms with Gasteiger partial charge in [-0.2, -0.15) is 13.2 Å². The van der Waals surface area contributed by atoms with Crippen molar-refractivity contribution in [2.75, 3.05) is 26.2 Å². The van der Waals surface area contributed by atoms with Crippen LogP contribution in [0.25, 0.3) is 0 Å². The molecular formula is C11H20F3N3O. The molecule has 7 heteroatoms. The molecule has 1 aliphatic rings. The number of hydrogen-bond donors (Lipinski definition) is 2. The van der Waals surface area contributed by atoms with Crippen molar-refractivity contribution in [2.24, 2.45) is 5.73 Å². The molecule has 1 unspecified atom stereocenters. The van der Waals surface area contributed by atoms with Crippen molar-refractivity contribution in [3.63, 3.8) is 0 Å². The maximum Gasteiger partial charge on any atom is 0.405 e. The largest absolute Gasteiger partial charge is 0.405 e. The molecule has 106 valence electrons. The summed E-state index contributed by atoms with van der Waals surface area (Å²) in [5.41, 5.74) is 5.43. The van der Waals surface area contributed by atoms with Gasteiger partial charge in [0.25, 0.3) is 0 Å². The van der Waals surface area contributed by atoms with Crippen LogP contribution in [0, 0.1) is 0 Å². The Morgan fingerprint density at radius 1 is 1.44 bits per heavy atom. The molecule has 0 aromatic carbocycles. The van der Waals surface area contributed by atoms with Crippen molar-refractivity contribution in [3.05, 3.63) is 0 Å². The number of nitrogens with two attached hydrogens (primary N) is 1. The van der Waals surface area contributed by atoms with Crippen LogP contribution in [-0.4, -0.2) is 49.2 Å². The van der Waals surface area contributed by atoms with Gasteiger partial charge < -0.3 is 11.1 Å². The third kappa shape index (κ3) is 5.68. The maximum absolute atomic E-state index is 11.9. The van der Waals surface area contributed by atoms with E-state index in [1.54, 1.807) is 0 Å². The standard InChI is InChI=1S/C11H20F3N3O/c12-11(13,14)8-16-10(18)7-17-6-2-4-9(17)3-1-5-15/h9H,1-8,15H2,(H,16,18). The minimum atomic E-state index is -4.35. The molecular weight excluding hydrogens is 247 g/mol. The van der Waals surface area contributed by atoms with Crippen molar-refractivity contribution in [3.8, 4) is 0 Å². The summed E-state index contributed by atoms with van der Waals surface area (Å²) in [6, 6.07) is 0.283. The highest BCUT2D eigenvalue weighted by Crippen LogP contribution is 2.20. The quantitative estimate of drug-likeness (QED) is 0.750. The second kappa shape index (κ2) is 6.94. The van der Waals surface area contributed by atoms with Crippen LogP contribution >= 0.6 is 0 Å². The van der Waals surface area contributed by atoms with Crippen LogP contribution in [0.1, 0.15) is 25.7 Å². The molecule has 1 aliphatic heterocycles. The fourth-order valence-electron chi connectivity index (χ4n) is 2.22. The molecule has 0 aromatic rings. The lowest BCUT2D eigenvalue weighted by molar-refractivity contribution is -0.139. The molecule has 0 saturated carbocycles. The molecule has 1 fully saturated rings. The van der Waals surface area contributed by atoms with E-state index >= 15 is 0 Å². The van der Waals surface area contributed by atoms with Crippen molar-refractivity contribution in [2.45, 2.75) is 37.9 Å². The summed E-state index contributed by atoms with van der Waals surface area (Å²) in [7, 11) is 0. The number of halogens is 3.